The van der Waals surface area contributed by atoms with Crippen LogP contribution in [-0.2, 0) is 4.79 Å². The molecular formula is C9H4BrFO. The molecule has 0 spiro atoms. The molecule has 0 saturated carbocycles. The van der Waals surface area contributed by atoms with Crippen molar-refractivity contribution >= 4 is 22.2 Å². The minimum absolute atomic E-state index is 0.367. The van der Waals surface area contributed by atoms with Crippen LogP contribution in [0.4, 0.5) is 4.39 Å². The molecule has 0 radical (unpaired) electrons. The van der Waals surface area contributed by atoms with E-state index in [1.54, 1.807) is 6.07 Å². The fourth-order valence-electron chi connectivity index (χ4n) is 0.701. The van der Waals surface area contributed by atoms with Gasteiger partial charge in [-0.2, -0.15) is 0 Å². The van der Waals surface area contributed by atoms with Gasteiger partial charge in [-0.05, 0) is 40.0 Å². The second kappa shape index (κ2) is 4.03. The summed E-state index contributed by atoms with van der Waals surface area (Å²) in [6, 6.07) is 4.13. The Kier molecular flexibility index (Phi) is 3.01. The second-order valence-corrected chi connectivity index (χ2v) is 2.87. The molecule has 0 N–H and O–H groups in total. The summed E-state index contributed by atoms with van der Waals surface area (Å²) in [6.45, 7) is 0. The fraction of sp³-hybridized carbons (Fsp3) is 0. The number of halogens is 2. The van der Waals surface area contributed by atoms with E-state index in [2.05, 4.69) is 27.8 Å². The summed E-state index contributed by atoms with van der Waals surface area (Å²) in [4.78, 5) is 9.89. The molecule has 0 aliphatic heterocycles. The van der Waals surface area contributed by atoms with Crippen LogP contribution < -0.4 is 0 Å². The average molecular weight is 227 g/mol. The predicted octanol–water partition coefficient (Wildman–Crippen LogP) is 2.14. The van der Waals surface area contributed by atoms with Crippen molar-refractivity contribution in [1.82, 2.24) is 0 Å². The van der Waals surface area contributed by atoms with Gasteiger partial charge >= 0.3 is 0 Å². The highest BCUT2D eigenvalue weighted by molar-refractivity contribution is 9.10. The van der Waals surface area contributed by atoms with Crippen molar-refractivity contribution in [3.8, 4) is 11.8 Å². The second-order valence-electron chi connectivity index (χ2n) is 2.01. The molecular weight excluding hydrogens is 223 g/mol. The van der Waals surface area contributed by atoms with Crippen molar-refractivity contribution in [1.29, 1.82) is 0 Å². The van der Waals surface area contributed by atoms with Gasteiger partial charge in [-0.3, -0.25) is 4.79 Å². The predicted molar refractivity (Wildman–Crippen MR) is 47.0 cm³/mol. The van der Waals surface area contributed by atoms with Gasteiger partial charge in [0.05, 0.1) is 0 Å². The molecule has 1 aromatic carbocycles. The summed E-state index contributed by atoms with van der Waals surface area (Å²) in [5.74, 6) is 4.34. The summed E-state index contributed by atoms with van der Waals surface area (Å²) >= 11 is 3.18. The standard InChI is InChI=1S/C9H4BrFO/c10-9-4-3-8(11)6-7(9)2-1-5-12/h3-6H. The lowest BCUT2D eigenvalue weighted by molar-refractivity contribution is -0.103. The highest BCUT2D eigenvalue weighted by atomic mass is 79.9. The summed E-state index contributed by atoms with van der Waals surface area (Å²) in [7, 11) is 0. The molecule has 3 heteroatoms. The van der Waals surface area contributed by atoms with E-state index >= 15 is 0 Å². The first-order valence-corrected chi connectivity index (χ1v) is 3.93. The molecule has 0 aromatic heterocycles. The van der Waals surface area contributed by atoms with Crippen molar-refractivity contribution < 1.29 is 9.18 Å². The number of carbonyl (C=O) groups excluding carboxylic acids is 1. The van der Waals surface area contributed by atoms with Crippen LogP contribution in [0, 0.1) is 17.7 Å². The van der Waals surface area contributed by atoms with E-state index in [4.69, 9.17) is 0 Å². The lowest BCUT2D eigenvalue weighted by Crippen LogP contribution is -1.80. The fourth-order valence-corrected chi connectivity index (χ4v) is 1.05. The van der Waals surface area contributed by atoms with Gasteiger partial charge in [-0.1, -0.05) is 5.92 Å². The summed E-state index contributed by atoms with van der Waals surface area (Å²) in [5, 5.41) is 0. The van der Waals surface area contributed by atoms with Crippen LogP contribution >= 0.6 is 15.9 Å². The molecule has 60 valence electrons. The van der Waals surface area contributed by atoms with Gasteiger partial charge in [0.1, 0.15) is 5.82 Å². The highest BCUT2D eigenvalue weighted by Gasteiger charge is 1.97. The number of aldehydes is 1. The third kappa shape index (κ3) is 2.18. The zero-order valence-electron chi connectivity index (χ0n) is 5.97. The van der Waals surface area contributed by atoms with Crippen molar-refractivity contribution in [2.45, 2.75) is 0 Å². The van der Waals surface area contributed by atoms with Crippen molar-refractivity contribution in [2.75, 3.05) is 0 Å². The maximum absolute atomic E-state index is 12.6. The molecule has 0 aliphatic rings. The Morgan fingerprint density at radius 3 is 2.92 bits per heavy atom. The van der Waals surface area contributed by atoms with E-state index in [-0.39, 0.29) is 5.82 Å². The maximum atomic E-state index is 12.6. The molecule has 12 heavy (non-hydrogen) atoms. The third-order valence-electron chi connectivity index (χ3n) is 1.19. The van der Waals surface area contributed by atoms with E-state index in [1.165, 1.54) is 12.1 Å². The van der Waals surface area contributed by atoms with Gasteiger partial charge < -0.3 is 0 Å². The normalized spacial score (nSPS) is 8.50. The van der Waals surface area contributed by atoms with Crippen LogP contribution in [0.2, 0.25) is 0 Å². The molecule has 1 nitrogen and oxygen atoms in total. The Morgan fingerprint density at radius 2 is 2.25 bits per heavy atom. The Morgan fingerprint density at radius 1 is 1.50 bits per heavy atom. The minimum atomic E-state index is -0.367. The first kappa shape index (κ1) is 8.95. The SMILES string of the molecule is O=CC#Cc1cc(F)ccc1Br. The van der Waals surface area contributed by atoms with Crippen molar-refractivity contribution in [2.24, 2.45) is 0 Å². The topological polar surface area (TPSA) is 17.1 Å². The van der Waals surface area contributed by atoms with Crippen LogP contribution in [-0.4, -0.2) is 6.29 Å². The Labute approximate surface area is 77.7 Å². The number of hydrogen-bond donors (Lipinski definition) is 0. The molecule has 1 rings (SSSR count). The molecule has 0 atom stereocenters. The first-order valence-electron chi connectivity index (χ1n) is 3.14. The minimum Gasteiger partial charge on any atom is -0.289 e. The van der Waals surface area contributed by atoms with Crippen LogP contribution in [0.5, 0.6) is 0 Å². The van der Waals surface area contributed by atoms with Crippen molar-refractivity contribution in [3.63, 3.8) is 0 Å². The molecule has 0 amide bonds. The molecule has 0 unspecified atom stereocenters. The van der Waals surface area contributed by atoms with Crippen LogP contribution in [0.3, 0.4) is 0 Å². The number of carbonyl (C=O) groups is 1. The summed E-state index contributed by atoms with van der Waals surface area (Å²) in [5.41, 5.74) is 0.474. The van der Waals surface area contributed by atoms with Crippen molar-refractivity contribution in [3.05, 3.63) is 34.1 Å². The maximum Gasteiger partial charge on any atom is 0.193 e. The van der Waals surface area contributed by atoms with E-state index in [0.717, 1.165) is 0 Å². The molecule has 0 aliphatic carbocycles. The summed E-state index contributed by atoms with van der Waals surface area (Å²) in [6.07, 6.45) is 0.470. The van der Waals surface area contributed by atoms with Gasteiger partial charge in [-0.15, -0.1) is 0 Å². The zero-order valence-corrected chi connectivity index (χ0v) is 7.56. The number of hydrogen-bond acceptors (Lipinski definition) is 1. The van der Waals surface area contributed by atoms with E-state index in [0.29, 0.717) is 16.3 Å². The Balaban J connectivity index is 3.13. The Hall–Kier alpha value is -1.14. The van der Waals surface area contributed by atoms with Crippen LogP contribution in [0.1, 0.15) is 5.56 Å². The molecule has 1 aromatic rings. The Bertz CT molecular complexity index is 363. The van der Waals surface area contributed by atoms with E-state index in [1.807, 2.05) is 0 Å². The molecule has 0 bridgehead atoms. The average Bonchev–Trinajstić information content (AvgIpc) is 2.07. The zero-order chi connectivity index (χ0) is 8.97. The van der Waals surface area contributed by atoms with Gasteiger partial charge in [0.15, 0.2) is 6.29 Å². The van der Waals surface area contributed by atoms with E-state index in [9.17, 15) is 9.18 Å². The highest BCUT2D eigenvalue weighted by Crippen LogP contribution is 2.16. The monoisotopic (exact) mass is 226 g/mol. The first-order chi connectivity index (χ1) is 5.74. The van der Waals surface area contributed by atoms with Gasteiger partial charge in [0.25, 0.3) is 0 Å². The number of benzene rings is 1. The van der Waals surface area contributed by atoms with Gasteiger partial charge in [0, 0.05) is 10.0 Å². The quantitative estimate of drug-likeness (QED) is 0.490. The molecule has 0 heterocycles. The van der Waals surface area contributed by atoms with Crippen LogP contribution in [0.25, 0.3) is 0 Å². The lowest BCUT2D eigenvalue weighted by Gasteiger charge is -1.94. The number of rotatable bonds is 0. The third-order valence-corrected chi connectivity index (χ3v) is 1.89. The molecule has 0 fully saturated rings. The largest absolute Gasteiger partial charge is 0.289 e. The van der Waals surface area contributed by atoms with Gasteiger partial charge in [0.2, 0.25) is 0 Å². The van der Waals surface area contributed by atoms with Gasteiger partial charge in [-0.25, -0.2) is 4.39 Å². The summed E-state index contributed by atoms with van der Waals surface area (Å²) < 4.78 is 13.3. The smallest absolute Gasteiger partial charge is 0.193 e. The molecule has 0 saturated heterocycles. The lowest BCUT2D eigenvalue weighted by atomic mass is 10.2. The van der Waals surface area contributed by atoms with E-state index < -0.39 is 0 Å². The van der Waals surface area contributed by atoms with Crippen LogP contribution in [0.15, 0.2) is 22.7 Å².